The summed E-state index contributed by atoms with van der Waals surface area (Å²) in [5.41, 5.74) is 5.75. The summed E-state index contributed by atoms with van der Waals surface area (Å²) in [6.07, 6.45) is 6.55. The van der Waals surface area contributed by atoms with Crippen LogP contribution in [0.25, 0.3) is 0 Å². The van der Waals surface area contributed by atoms with Crippen LogP contribution in [0.4, 0.5) is 0 Å². The van der Waals surface area contributed by atoms with E-state index in [0.717, 1.165) is 28.4 Å². The fourth-order valence-electron chi connectivity index (χ4n) is 4.97. The molecule has 2 aliphatic carbocycles. The number of hydrazone groups is 1. The number of amides is 3. The summed E-state index contributed by atoms with van der Waals surface area (Å²) in [6, 6.07) is 10.8. The second-order valence-electron chi connectivity index (χ2n) is 8.20. The van der Waals surface area contributed by atoms with Crippen molar-refractivity contribution in [1.29, 1.82) is 0 Å². The maximum Gasteiger partial charge on any atom is 0.270 e. The highest BCUT2D eigenvalue weighted by Gasteiger charge is 2.59. The van der Waals surface area contributed by atoms with Gasteiger partial charge in [-0.2, -0.15) is 10.1 Å². The summed E-state index contributed by atoms with van der Waals surface area (Å²) < 4.78 is 1.68. The second kappa shape index (κ2) is 6.79. The lowest BCUT2D eigenvalue weighted by Gasteiger charge is -2.13. The summed E-state index contributed by atoms with van der Waals surface area (Å²) in [7, 11) is 0. The van der Waals surface area contributed by atoms with Crippen molar-refractivity contribution in [2.45, 2.75) is 20.3 Å². The van der Waals surface area contributed by atoms with E-state index in [2.05, 4.69) is 22.7 Å². The van der Waals surface area contributed by atoms with Gasteiger partial charge in [0.25, 0.3) is 17.7 Å². The van der Waals surface area contributed by atoms with E-state index in [1.54, 1.807) is 16.8 Å². The van der Waals surface area contributed by atoms with Crippen molar-refractivity contribution in [2.75, 3.05) is 5.43 Å². The van der Waals surface area contributed by atoms with Gasteiger partial charge in [0, 0.05) is 22.5 Å². The standard InChI is InChI=1S/C23H22N4O3/c1-13-10-18(14(2)26(13)25-21(28)15-6-4-3-5-7-15)12-24-27-22(29)19-16-8-9-17(11-16)20(19)23(27)30/h3-10,12,16-17,19-20H,11H2,1-2H3,(H,25,28)/t16-,17-,19-,20+/m0/s1. The number of fused-ring (bicyclic) bond motifs is 5. The largest absolute Gasteiger partial charge is 0.272 e. The number of nitrogens with zero attached hydrogens (tertiary/aromatic N) is 3. The number of carbonyl (C=O) groups excluding carboxylic acids is 3. The van der Waals surface area contributed by atoms with E-state index in [0.29, 0.717) is 5.56 Å². The molecule has 7 nitrogen and oxygen atoms in total. The highest BCUT2D eigenvalue weighted by Crippen LogP contribution is 2.52. The van der Waals surface area contributed by atoms with E-state index in [-0.39, 0.29) is 41.4 Å². The first-order valence-corrected chi connectivity index (χ1v) is 10.1. The molecule has 0 radical (unpaired) electrons. The van der Waals surface area contributed by atoms with Crippen molar-refractivity contribution in [1.82, 2.24) is 9.69 Å². The number of rotatable bonds is 4. The molecule has 1 saturated carbocycles. The van der Waals surface area contributed by atoms with E-state index in [4.69, 9.17) is 0 Å². The molecule has 30 heavy (non-hydrogen) atoms. The molecular formula is C23H22N4O3. The molecule has 0 unspecified atom stereocenters. The predicted molar refractivity (Wildman–Crippen MR) is 111 cm³/mol. The maximum atomic E-state index is 12.8. The molecule has 1 N–H and O–H groups in total. The van der Waals surface area contributed by atoms with Gasteiger partial charge in [-0.3, -0.25) is 24.5 Å². The van der Waals surface area contributed by atoms with Gasteiger partial charge in [0.2, 0.25) is 0 Å². The van der Waals surface area contributed by atoms with Gasteiger partial charge in [-0.1, -0.05) is 30.4 Å². The molecule has 2 fully saturated rings. The molecule has 1 aliphatic heterocycles. The summed E-state index contributed by atoms with van der Waals surface area (Å²) in [4.78, 5) is 38.0. The van der Waals surface area contributed by atoms with Crippen molar-refractivity contribution >= 4 is 23.9 Å². The molecule has 3 amide bonds. The van der Waals surface area contributed by atoms with Crippen LogP contribution in [0.15, 0.2) is 53.7 Å². The van der Waals surface area contributed by atoms with Gasteiger partial charge >= 0.3 is 0 Å². The summed E-state index contributed by atoms with van der Waals surface area (Å²) >= 11 is 0. The zero-order valence-electron chi connectivity index (χ0n) is 16.8. The molecule has 4 atom stereocenters. The van der Waals surface area contributed by atoms with Crippen LogP contribution in [0.5, 0.6) is 0 Å². The molecule has 1 aromatic heterocycles. The zero-order valence-corrected chi connectivity index (χ0v) is 16.8. The third kappa shape index (κ3) is 2.73. The van der Waals surface area contributed by atoms with Gasteiger partial charge in [0.15, 0.2) is 0 Å². The smallest absolute Gasteiger partial charge is 0.270 e. The Hall–Kier alpha value is -3.48. The molecule has 0 spiro atoms. The Morgan fingerprint density at radius 2 is 1.70 bits per heavy atom. The molecule has 152 valence electrons. The lowest BCUT2D eigenvalue weighted by molar-refractivity contribution is -0.140. The summed E-state index contributed by atoms with van der Waals surface area (Å²) in [5, 5.41) is 5.28. The van der Waals surface area contributed by atoms with E-state index in [1.165, 1.54) is 6.21 Å². The average molecular weight is 402 g/mol. The molecule has 7 heteroatoms. The fourth-order valence-corrected chi connectivity index (χ4v) is 4.97. The van der Waals surface area contributed by atoms with E-state index < -0.39 is 0 Å². The Balaban J connectivity index is 1.36. The van der Waals surface area contributed by atoms with Crippen molar-refractivity contribution < 1.29 is 14.4 Å². The Bertz CT molecular complexity index is 1080. The van der Waals surface area contributed by atoms with Crippen LogP contribution in [0.3, 0.4) is 0 Å². The third-order valence-electron chi connectivity index (χ3n) is 6.48. The number of imide groups is 1. The SMILES string of the molecule is Cc1cc(C=NN2C(=O)[C@@H]3[C@H](C2=O)[C@H]2C=C[C@H]3C2)c(C)n1NC(=O)c1ccccc1. The quantitative estimate of drug-likeness (QED) is 0.485. The van der Waals surface area contributed by atoms with E-state index >= 15 is 0 Å². The fraction of sp³-hybridized carbons (Fsp3) is 0.304. The molecule has 1 saturated heterocycles. The lowest BCUT2D eigenvalue weighted by Crippen LogP contribution is -2.28. The number of aromatic nitrogens is 1. The molecule has 1 aromatic carbocycles. The minimum absolute atomic E-state index is 0.162. The minimum atomic E-state index is -0.262. The molecule has 5 rings (SSSR count). The Morgan fingerprint density at radius 3 is 2.33 bits per heavy atom. The van der Waals surface area contributed by atoms with Crippen molar-refractivity contribution in [2.24, 2.45) is 28.8 Å². The second-order valence-corrected chi connectivity index (χ2v) is 8.20. The Kier molecular flexibility index (Phi) is 4.20. The maximum absolute atomic E-state index is 12.8. The number of aryl methyl sites for hydroxylation is 1. The van der Waals surface area contributed by atoms with Crippen LogP contribution in [0.1, 0.15) is 33.7 Å². The summed E-state index contributed by atoms with van der Waals surface area (Å²) in [6.45, 7) is 3.72. The Labute approximate surface area is 174 Å². The van der Waals surface area contributed by atoms with Crippen LogP contribution >= 0.6 is 0 Å². The average Bonchev–Trinajstić information content (AvgIpc) is 3.48. The molecule has 2 aromatic rings. The van der Waals surface area contributed by atoms with Gasteiger partial charge in [-0.15, -0.1) is 0 Å². The van der Waals surface area contributed by atoms with Crippen LogP contribution < -0.4 is 5.43 Å². The number of benzene rings is 1. The molecule has 2 heterocycles. The van der Waals surface area contributed by atoms with Gasteiger partial charge in [-0.25, -0.2) is 0 Å². The number of allylic oxidation sites excluding steroid dienone is 2. The highest BCUT2D eigenvalue weighted by atomic mass is 16.2. The van der Waals surface area contributed by atoms with Crippen LogP contribution in [-0.4, -0.2) is 33.6 Å². The molecule has 2 bridgehead atoms. The van der Waals surface area contributed by atoms with Crippen LogP contribution in [0.2, 0.25) is 0 Å². The van der Waals surface area contributed by atoms with E-state index in [9.17, 15) is 14.4 Å². The topological polar surface area (TPSA) is 83.8 Å². The number of hydrogen-bond donors (Lipinski definition) is 1. The van der Waals surface area contributed by atoms with Crippen LogP contribution in [-0.2, 0) is 9.59 Å². The van der Waals surface area contributed by atoms with Gasteiger partial charge in [0.1, 0.15) is 0 Å². The first-order valence-electron chi connectivity index (χ1n) is 10.1. The minimum Gasteiger partial charge on any atom is -0.272 e. The monoisotopic (exact) mass is 402 g/mol. The van der Waals surface area contributed by atoms with Crippen molar-refractivity contribution in [3.05, 3.63) is 71.1 Å². The highest BCUT2D eigenvalue weighted by molar-refractivity contribution is 6.07. The Morgan fingerprint density at radius 1 is 1.07 bits per heavy atom. The predicted octanol–water partition coefficient (Wildman–Crippen LogP) is 2.63. The first kappa shape index (κ1) is 18.5. The molecular weight excluding hydrogens is 380 g/mol. The normalized spacial score (nSPS) is 26.8. The summed E-state index contributed by atoms with van der Waals surface area (Å²) in [5.74, 6) is -0.829. The molecule has 3 aliphatic rings. The number of carbonyl (C=O) groups is 3. The first-order chi connectivity index (χ1) is 14.5. The van der Waals surface area contributed by atoms with Gasteiger partial charge in [-0.05, 0) is 50.3 Å². The van der Waals surface area contributed by atoms with Crippen molar-refractivity contribution in [3.8, 4) is 0 Å². The number of nitrogens with one attached hydrogen (secondary N) is 1. The van der Waals surface area contributed by atoms with Gasteiger partial charge < -0.3 is 0 Å². The van der Waals surface area contributed by atoms with Gasteiger partial charge in [0.05, 0.1) is 18.1 Å². The van der Waals surface area contributed by atoms with Crippen LogP contribution in [0, 0.1) is 37.5 Å². The lowest BCUT2D eigenvalue weighted by atomic mass is 9.85. The third-order valence-corrected chi connectivity index (χ3v) is 6.48. The zero-order chi connectivity index (χ0) is 21.0. The van der Waals surface area contributed by atoms with Crippen molar-refractivity contribution in [3.63, 3.8) is 0 Å². The van der Waals surface area contributed by atoms with E-state index in [1.807, 2.05) is 38.1 Å². The number of hydrogen-bond acceptors (Lipinski definition) is 4.